The van der Waals surface area contributed by atoms with Crippen LogP contribution < -0.4 is 10.6 Å². The van der Waals surface area contributed by atoms with Gasteiger partial charge in [-0.2, -0.15) is 0 Å². The molecule has 5 heteroatoms. The lowest BCUT2D eigenvalue weighted by molar-refractivity contribution is -0.128. The number of nitrogens with one attached hydrogen (secondary N) is 2. The summed E-state index contributed by atoms with van der Waals surface area (Å²) >= 11 is 3.41. The molecule has 2 N–H and O–H groups in total. The largest absolute Gasteiger partial charge is 0.368 e. The minimum atomic E-state index is -0.0569. The molecule has 0 saturated carbocycles. The molecule has 0 atom stereocenters. The summed E-state index contributed by atoms with van der Waals surface area (Å²) in [6.07, 6.45) is 2.19. The summed E-state index contributed by atoms with van der Waals surface area (Å²) in [6.45, 7) is 2.64. The standard InChI is InChI=1S/C14H19BrN2O2/c15-12-3-1-2-11(8-12)9-17-14(18)10-19-13-4-6-16-7-5-13/h1-3,8,13,16H,4-7,9-10H2,(H,17,18). The van der Waals surface area contributed by atoms with Crippen LogP contribution in [0, 0.1) is 0 Å². The molecule has 1 aromatic carbocycles. The van der Waals surface area contributed by atoms with Gasteiger partial charge in [-0.3, -0.25) is 4.79 Å². The van der Waals surface area contributed by atoms with E-state index in [1.165, 1.54) is 0 Å². The first kappa shape index (κ1) is 14.5. The predicted octanol–water partition coefficient (Wildman–Crippen LogP) is 1.83. The zero-order valence-corrected chi connectivity index (χ0v) is 12.4. The molecule has 1 aliphatic heterocycles. The van der Waals surface area contributed by atoms with Gasteiger partial charge in [0.2, 0.25) is 5.91 Å². The molecular formula is C14H19BrN2O2. The maximum absolute atomic E-state index is 11.7. The minimum absolute atomic E-state index is 0.0569. The number of hydrogen-bond acceptors (Lipinski definition) is 3. The summed E-state index contributed by atoms with van der Waals surface area (Å²) in [6, 6.07) is 7.90. The number of ether oxygens (including phenoxy) is 1. The van der Waals surface area contributed by atoms with Gasteiger partial charge in [0.1, 0.15) is 6.61 Å². The van der Waals surface area contributed by atoms with Gasteiger partial charge in [0, 0.05) is 11.0 Å². The molecule has 0 spiro atoms. The Bertz CT molecular complexity index is 420. The molecule has 0 aliphatic carbocycles. The van der Waals surface area contributed by atoms with Crippen molar-refractivity contribution in [3.63, 3.8) is 0 Å². The Kier molecular flexibility index (Phi) is 5.82. The van der Waals surface area contributed by atoms with Crippen molar-refractivity contribution in [1.82, 2.24) is 10.6 Å². The molecule has 1 fully saturated rings. The highest BCUT2D eigenvalue weighted by atomic mass is 79.9. The Hall–Kier alpha value is -0.910. The molecule has 2 rings (SSSR count). The Balaban J connectivity index is 1.66. The third-order valence-electron chi connectivity index (χ3n) is 3.12. The quantitative estimate of drug-likeness (QED) is 0.868. The Morgan fingerprint density at radius 3 is 2.95 bits per heavy atom. The van der Waals surface area contributed by atoms with Crippen LogP contribution in [0.15, 0.2) is 28.7 Å². The van der Waals surface area contributed by atoms with Crippen LogP contribution in [0.3, 0.4) is 0 Å². The maximum atomic E-state index is 11.7. The fourth-order valence-corrected chi connectivity index (χ4v) is 2.50. The van der Waals surface area contributed by atoms with E-state index in [1.807, 2.05) is 24.3 Å². The lowest BCUT2D eigenvalue weighted by Gasteiger charge is -2.22. The van der Waals surface area contributed by atoms with Gasteiger partial charge in [-0.15, -0.1) is 0 Å². The second-order valence-corrected chi connectivity index (χ2v) is 5.58. The molecular weight excluding hydrogens is 308 g/mol. The minimum Gasteiger partial charge on any atom is -0.368 e. The molecule has 1 amide bonds. The van der Waals surface area contributed by atoms with Gasteiger partial charge < -0.3 is 15.4 Å². The van der Waals surface area contributed by atoms with Crippen molar-refractivity contribution >= 4 is 21.8 Å². The number of halogens is 1. The van der Waals surface area contributed by atoms with E-state index in [9.17, 15) is 4.79 Å². The van der Waals surface area contributed by atoms with E-state index < -0.39 is 0 Å². The Morgan fingerprint density at radius 1 is 1.42 bits per heavy atom. The molecule has 1 saturated heterocycles. The van der Waals surface area contributed by atoms with Crippen molar-refractivity contribution in [3.8, 4) is 0 Å². The van der Waals surface area contributed by atoms with Crippen LogP contribution >= 0.6 is 15.9 Å². The first-order valence-corrected chi connectivity index (χ1v) is 7.37. The second-order valence-electron chi connectivity index (χ2n) is 4.67. The van der Waals surface area contributed by atoms with Crippen LogP contribution in [-0.4, -0.2) is 31.7 Å². The predicted molar refractivity (Wildman–Crippen MR) is 77.8 cm³/mol. The van der Waals surface area contributed by atoms with E-state index in [-0.39, 0.29) is 18.6 Å². The van der Waals surface area contributed by atoms with Crippen molar-refractivity contribution in [1.29, 1.82) is 0 Å². The molecule has 0 bridgehead atoms. The lowest BCUT2D eigenvalue weighted by atomic mass is 10.1. The van der Waals surface area contributed by atoms with Gasteiger partial charge in [-0.05, 0) is 43.6 Å². The van der Waals surface area contributed by atoms with Crippen molar-refractivity contribution in [2.75, 3.05) is 19.7 Å². The van der Waals surface area contributed by atoms with Crippen LogP contribution in [0.2, 0.25) is 0 Å². The van der Waals surface area contributed by atoms with Crippen LogP contribution in [0.1, 0.15) is 18.4 Å². The van der Waals surface area contributed by atoms with Gasteiger partial charge in [-0.1, -0.05) is 28.1 Å². The molecule has 19 heavy (non-hydrogen) atoms. The average Bonchev–Trinajstić information content (AvgIpc) is 2.44. The number of piperidine rings is 1. The van der Waals surface area contributed by atoms with Crippen molar-refractivity contribution in [3.05, 3.63) is 34.3 Å². The lowest BCUT2D eigenvalue weighted by Crippen LogP contribution is -2.35. The van der Waals surface area contributed by atoms with Crippen molar-refractivity contribution in [2.45, 2.75) is 25.5 Å². The van der Waals surface area contributed by atoms with E-state index >= 15 is 0 Å². The molecule has 1 aliphatic rings. The molecule has 0 radical (unpaired) electrons. The highest BCUT2D eigenvalue weighted by molar-refractivity contribution is 9.10. The number of benzene rings is 1. The summed E-state index contributed by atoms with van der Waals surface area (Å²) in [5.74, 6) is -0.0569. The van der Waals surface area contributed by atoms with Crippen LogP contribution in [0.4, 0.5) is 0 Å². The van der Waals surface area contributed by atoms with E-state index in [2.05, 4.69) is 26.6 Å². The molecule has 0 aromatic heterocycles. The summed E-state index contributed by atoms with van der Waals surface area (Å²) in [5.41, 5.74) is 1.07. The number of rotatable bonds is 5. The van der Waals surface area contributed by atoms with E-state index in [0.717, 1.165) is 36.0 Å². The monoisotopic (exact) mass is 326 g/mol. The Labute approximate surface area is 122 Å². The highest BCUT2D eigenvalue weighted by Gasteiger charge is 2.14. The molecule has 104 valence electrons. The van der Waals surface area contributed by atoms with E-state index in [0.29, 0.717) is 6.54 Å². The number of carbonyl (C=O) groups excluding carboxylic acids is 1. The summed E-state index contributed by atoms with van der Waals surface area (Å²) in [7, 11) is 0. The third kappa shape index (κ3) is 5.30. The van der Waals surface area contributed by atoms with E-state index in [4.69, 9.17) is 4.74 Å². The normalized spacial score (nSPS) is 16.3. The smallest absolute Gasteiger partial charge is 0.246 e. The fraction of sp³-hybridized carbons (Fsp3) is 0.500. The van der Waals surface area contributed by atoms with Gasteiger partial charge >= 0.3 is 0 Å². The third-order valence-corrected chi connectivity index (χ3v) is 3.61. The highest BCUT2D eigenvalue weighted by Crippen LogP contribution is 2.11. The van der Waals surface area contributed by atoms with Crippen molar-refractivity contribution in [2.24, 2.45) is 0 Å². The van der Waals surface area contributed by atoms with Gasteiger partial charge in [-0.25, -0.2) is 0 Å². The molecule has 1 heterocycles. The number of hydrogen-bond donors (Lipinski definition) is 2. The zero-order valence-electron chi connectivity index (χ0n) is 10.8. The summed E-state index contributed by atoms with van der Waals surface area (Å²) < 4.78 is 6.61. The van der Waals surface area contributed by atoms with Gasteiger partial charge in [0.15, 0.2) is 0 Å². The first-order valence-electron chi connectivity index (χ1n) is 6.57. The van der Waals surface area contributed by atoms with E-state index in [1.54, 1.807) is 0 Å². The average molecular weight is 327 g/mol. The van der Waals surface area contributed by atoms with Crippen LogP contribution in [0.5, 0.6) is 0 Å². The molecule has 0 unspecified atom stereocenters. The van der Waals surface area contributed by atoms with Gasteiger partial charge in [0.05, 0.1) is 6.10 Å². The number of carbonyl (C=O) groups is 1. The van der Waals surface area contributed by atoms with Crippen LogP contribution in [-0.2, 0) is 16.1 Å². The Morgan fingerprint density at radius 2 is 2.21 bits per heavy atom. The van der Waals surface area contributed by atoms with Crippen LogP contribution in [0.25, 0.3) is 0 Å². The maximum Gasteiger partial charge on any atom is 0.246 e. The molecule has 1 aromatic rings. The van der Waals surface area contributed by atoms with Crippen molar-refractivity contribution < 1.29 is 9.53 Å². The molecule has 4 nitrogen and oxygen atoms in total. The topological polar surface area (TPSA) is 50.4 Å². The summed E-state index contributed by atoms with van der Waals surface area (Å²) in [4.78, 5) is 11.7. The first-order chi connectivity index (χ1) is 9.24. The zero-order chi connectivity index (χ0) is 13.5. The SMILES string of the molecule is O=C(COC1CCNCC1)NCc1cccc(Br)c1. The summed E-state index contributed by atoms with van der Waals surface area (Å²) in [5, 5.41) is 6.13. The second kappa shape index (κ2) is 7.62. The fourth-order valence-electron chi connectivity index (χ4n) is 2.05. The number of amides is 1. The van der Waals surface area contributed by atoms with Gasteiger partial charge in [0.25, 0.3) is 0 Å².